The standard InChI is InChI=1S/C15H11Cl2FN2O3S/c1-8(24-10-3-5-13(18)12(17)7-10)15(21)19-14-6-9(20(22)23)2-4-11(14)16/h2-8H,1H3,(H,19,21). The molecule has 1 unspecified atom stereocenters. The molecule has 0 spiro atoms. The second-order valence-electron chi connectivity index (χ2n) is 4.75. The van der Waals surface area contributed by atoms with Gasteiger partial charge in [0, 0.05) is 17.0 Å². The van der Waals surface area contributed by atoms with Gasteiger partial charge in [-0.2, -0.15) is 0 Å². The molecular weight excluding hydrogens is 378 g/mol. The molecule has 5 nitrogen and oxygen atoms in total. The van der Waals surface area contributed by atoms with Gasteiger partial charge < -0.3 is 5.32 Å². The number of rotatable bonds is 5. The van der Waals surface area contributed by atoms with Crippen LogP contribution in [0.5, 0.6) is 0 Å². The molecule has 0 aliphatic heterocycles. The SMILES string of the molecule is CC(Sc1ccc(F)c(Cl)c1)C(=O)Nc1cc([N+](=O)[O-])ccc1Cl. The number of anilines is 1. The van der Waals surface area contributed by atoms with E-state index < -0.39 is 21.9 Å². The van der Waals surface area contributed by atoms with Crippen LogP contribution in [0.4, 0.5) is 15.8 Å². The number of nitro groups is 1. The molecule has 0 aliphatic rings. The summed E-state index contributed by atoms with van der Waals surface area (Å²) >= 11 is 12.8. The van der Waals surface area contributed by atoms with Crippen LogP contribution in [0.1, 0.15) is 6.92 Å². The monoisotopic (exact) mass is 388 g/mol. The van der Waals surface area contributed by atoms with Crippen molar-refractivity contribution in [2.45, 2.75) is 17.1 Å². The fourth-order valence-corrected chi connectivity index (χ4v) is 3.08. The summed E-state index contributed by atoms with van der Waals surface area (Å²) in [6, 6.07) is 7.92. The molecule has 0 saturated heterocycles. The Labute approximate surface area is 151 Å². The normalized spacial score (nSPS) is 11.8. The summed E-state index contributed by atoms with van der Waals surface area (Å²) in [6.07, 6.45) is 0. The van der Waals surface area contributed by atoms with Gasteiger partial charge in [0.1, 0.15) is 5.82 Å². The molecular formula is C15H11Cl2FN2O3S. The van der Waals surface area contributed by atoms with Crippen LogP contribution in [0.15, 0.2) is 41.3 Å². The van der Waals surface area contributed by atoms with Crippen molar-refractivity contribution in [2.75, 3.05) is 5.32 Å². The number of nitrogens with one attached hydrogen (secondary N) is 1. The lowest BCUT2D eigenvalue weighted by Crippen LogP contribution is -2.22. The van der Waals surface area contributed by atoms with Crippen LogP contribution in [0.3, 0.4) is 0 Å². The number of non-ortho nitro benzene ring substituents is 1. The van der Waals surface area contributed by atoms with Gasteiger partial charge in [-0.05, 0) is 31.2 Å². The van der Waals surface area contributed by atoms with E-state index in [4.69, 9.17) is 23.2 Å². The fraction of sp³-hybridized carbons (Fsp3) is 0.133. The van der Waals surface area contributed by atoms with Crippen LogP contribution >= 0.6 is 35.0 Å². The van der Waals surface area contributed by atoms with Crippen molar-refractivity contribution in [3.63, 3.8) is 0 Å². The highest BCUT2D eigenvalue weighted by Crippen LogP contribution is 2.30. The first-order valence-corrected chi connectivity index (χ1v) is 8.28. The van der Waals surface area contributed by atoms with Crippen molar-refractivity contribution in [3.8, 4) is 0 Å². The molecule has 0 aliphatic carbocycles. The van der Waals surface area contributed by atoms with E-state index in [1.165, 1.54) is 48.2 Å². The summed E-state index contributed by atoms with van der Waals surface area (Å²) < 4.78 is 13.1. The number of nitrogens with zero attached hydrogens (tertiary/aromatic N) is 1. The number of hydrogen-bond donors (Lipinski definition) is 1. The van der Waals surface area contributed by atoms with Crippen LogP contribution in [-0.2, 0) is 4.79 Å². The van der Waals surface area contributed by atoms with Crippen molar-refractivity contribution < 1.29 is 14.1 Å². The van der Waals surface area contributed by atoms with E-state index in [0.717, 1.165) is 0 Å². The van der Waals surface area contributed by atoms with E-state index in [1.54, 1.807) is 6.92 Å². The molecule has 2 rings (SSSR count). The van der Waals surface area contributed by atoms with Crippen LogP contribution < -0.4 is 5.32 Å². The Hall–Kier alpha value is -1.83. The first kappa shape index (κ1) is 18.5. The number of nitro benzene ring substituents is 1. The maximum atomic E-state index is 13.1. The summed E-state index contributed by atoms with van der Waals surface area (Å²) in [5.74, 6) is -0.940. The number of carbonyl (C=O) groups is 1. The number of thioether (sulfide) groups is 1. The Bertz CT molecular complexity index is 804. The van der Waals surface area contributed by atoms with E-state index >= 15 is 0 Å². The summed E-state index contributed by atoms with van der Waals surface area (Å²) in [4.78, 5) is 23.1. The van der Waals surface area contributed by atoms with Gasteiger partial charge >= 0.3 is 0 Å². The largest absolute Gasteiger partial charge is 0.324 e. The quantitative estimate of drug-likeness (QED) is 0.436. The molecule has 126 valence electrons. The lowest BCUT2D eigenvalue weighted by molar-refractivity contribution is -0.384. The van der Waals surface area contributed by atoms with Gasteiger partial charge in [0.2, 0.25) is 5.91 Å². The topological polar surface area (TPSA) is 72.2 Å². The van der Waals surface area contributed by atoms with Gasteiger partial charge in [-0.1, -0.05) is 23.2 Å². The zero-order chi connectivity index (χ0) is 17.9. The lowest BCUT2D eigenvalue weighted by atomic mass is 10.2. The molecule has 0 heterocycles. The third-order valence-electron chi connectivity index (χ3n) is 2.99. The Morgan fingerprint density at radius 2 is 1.96 bits per heavy atom. The number of amides is 1. The third-order valence-corrected chi connectivity index (χ3v) is 4.70. The Morgan fingerprint density at radius 1 is 1.25 bits per heavy atom. The smallest absolute Gasteiger partial charge is 0.271 e. The predicted octanol–water partition coefficient (Wildman–Crippen LogP) is 5.16. The summed E-state index contributed by atoms with van der Waals surface area (Å²) in [6.45, 7) is 1.64. The molecule has 2 aromatic carbocycles. The number of benzene rings is 2. The van der Waals surface area contributed by atoms with E-state index in [2.05, 4.69) is 5.32 Å². The summed E-state index contributed by atoms with van der Waals surface area (Å²) in [7, 11) is 0. The zero-order valence-electron chi connectivity index (χ0n) is 12.3. The van der Waals surface area contributed by atoms with Crippen molar-refractivity contribution in [3.05, 3.63) is 62.4 Å². The number of halogens is 3. The molecule has 0 radical (unpaired) electrons. The minimum absolute atomic E-state index is 0.0330. The van der Waals surface area contributed by atoms with Crippen molar-refractivity contribution in [1.29, 1.82) is 0 Å². The van der Waals surface area contributed by atoms with Crippen molar-refractivity contribution >= 4 is 52.2 Å². The van der Waals surface area contributed by atoms with Gasteiger partial charge in [-0.3, -0.25) is 14.9 Å². The van der Waals surface area contributed by atoms with E-state index in [0.29, 0.717) is 4.90 Å². The van der Waals surface area contributed by atoms with Crippen LogP contribution in [0.25, 0.3) is 0 Å². The summed E-state index contributed by atoms with van der Waals surface area (Å²) in [5, 5.41) is 12.9. The van der Waals surface area contributed by atoms with Crippen molar-refractivity contribution in [1.82, 2.24) is 0 Å². The number of carbonyl (C=O) groups excluding carboxylic acids is 1. The first-order valence-electron chi connectivity index (χ1n) is 6.64. The van der Waals surface area contributed by atoms with Crippen LogP contribution in [0.2, 0.25) is 10.0 Å². The van der Waals surface area contributed by atoms with Gasteiger partial charge in [0.05, 0.1) is 25.9 Å². The molecule has 24 heavy (non-hydrogen) atoms. The first-order chi connectivity index (χ1) is 11.3. The minimum Gasteiger partial charge on any atom is -0.324 e. The number of hydrogen-bond acceptors (Lipinski definition) is 4. The molecule has 0 aromatic heterocycles. The Morgan fingerprint density at radius 3 is 2.58 bits per heavy atom. The highest BCUT2D eigenvalue weighted by Gasteiger charge is 2.18. The molecule has 0 saturated carbocycles. The third kappa shape index (κ3) is 4.59. The molecule has 1 amide bonds. The molecule has 1 N–H and O–H groups in total. The maximum Gasteiger partial charge on any atom is 0.271 e. The zero-order valence-corrected chi connectivity index (χ0v) is 14.6. The van der Waals surface area contributed by atoms with Crippen molar-refractivity contribution in [2.24, 2.45) is 0 Å². The molecule has 0 bridgehead atoms. The van der Waals surface area contributed by atoms with E-state index in [-0.39, 0.29) is 21.4 Å². The van der Waals surface area contributed by atoms with Gasteiger partial charge in [0.15, 0.2) is 0 Å². The van der Waals surface area contributed by atoms with Gasteiger partial charge in [-0.15, -0.1) is 11.8 Å². The molecule has 2 aromatic rings. The molecule has 9 heteroatoms. The molecule has 1 atom stereocenters. The fourth-order valence-electron chi connectivity index (χ4n) is 1.76. The lowest BCUT2D eigenvalue weighted by Gasteiger charge is -2.13. The van der Waals surface area contributed by atoms with E-state index in [9.17, 15) is 19.3 Å². The highest BCUT2D eigenvalue weighted by molar-refractivity contribution is 8.00. The van der Waals surface area contributed by atoms with Crippen LogP contribution in [0, 0.1) is 15.9 Å². The second kappa shape index (κ2) is 7.83. The molecule has 0 fully saturated rings. The Kier molecular flexibility index (Phi) is 6.04. The Balaban J connectivity index is 2.10. The second-order valence-corrected chi connectivity index (χ2v) is 6.98. The van der Waals surface area contributed by atoms with Gasteiger partial charge in [0.25, 0.3) is 5.69 Å². The average Bonchev–Trinajstić information content (AvgIpc) is 2.52. The summed E-state index contributed by atoms with van der Waals surface area (Å²) in [5.41, 5.74) is -0.0271. The van der Waals surface area contributed by atoms with Crippen LogP contribution in [-0.4, -0.2) is 16.1 Å². The van der Waals surface area contributed by atoms with E-state index in [1.807, 2.05) is 0 Å². The predicted molar refractivity (Wildman–Crippen MR) is 93.5 cm³/mol. The van der Waals surface area contributed by atoms with Gasteiger partial charge in [-0.25, -0.2) is 4.39 Å². The maximum absolute atomic E-state index is 13.1. The average molecular weight is 389 g/mol. The highest BCUT2D eigenvalue weighted by atomic mass is 35.5. The minimum atomic E-state index is -0.579.